The number of nitrogens with zero attached hydrogens (tertiary/aromatic N) is 3. The lowest BCUT2D eigenvalue weighted by Gasteiger charge is -2.18. The summed E-state index contributed by atoms with van der Waals surface area (Å²) >= 11 is 0. The van der Waals surface area contributed by atoms with Gasteiger partial charge >= 0.3 is 0 Å². The largest absolute Gasteiger partial charge is 0.493 e. The Morgan fingerprint density at radius 2 is 2.07 bits per heavy atom. The van der Waals surface area contributed by atoms with Gasteiger partial charge in [0.1, 0.15) is 23.5 Å². The maximum Gasteiger partial charge on any atom is 0.220 e. The lowest BCUT2D eigenvalue weighted by Crippen LogP contribution is -2.18. The molecular formula is C20H20FN5O3. The van der Waals surface area contributed by atoms with Gasteiger partial charge in [-0.15, -0.1) is 0 Å². The highest BCUT2D eigenvalue weighted by Crippen LogP contribution is 2.26. The minimum atomic E-state index is -1.33. The van der Waals surface area contributed by atoms with E-state index >= 15 is 0 Å². The first-order chi connectivity index (χ1) is 13.8. The number of halogens is 1. The average Bonchev–Trinajstić information content (AvgIpc) is 3.19. The second-order valence-electron chi connectivity index (χ2n) is 6.79. The molecule has 3 rings (SSSR count). The second-order valence-corrected chi connectivity index (χ2v) is 6.79. The zero-order valence-electron chi connectivity index (χ0n) is 15.8. The Hall–Kier alpha value is -3.59. The molecule has 0 atom stereocenters. The van der Waals surface area contributed by atoms with Gasteiger partial charge in [0.15, 0.2) is 5.82 Å². The smallest absolute Gasteiger partial charge is 0.220 e. The van der Waals surface area contributed by atoms with Crippen LogP contribution in [0.5, 0.6) is 5.88 Å². The van der Waals surface area contributed by atoms with E-state index in [-0.39, 0.29) is 29.5 Å². The van der Waals surface area contributed by atoms with E-state index < -0.39 is 11.5 Å². The maximum atomic E-state index is 13.9. The van der Waals surface area contributed by atoms with Crippen LogP contribution in [0, 0.1) is 11.2 Å². The molecule has 29 heavy (non-hydrogen) atoms. The van der Waals surface area contributed by atoms with E-state index in [0.717, 1.165) is 0 Å². The first kappa shape index (κ1) is 20.2. The number of aromatic nitrogens is 3. The van der Waals surface area contributed by atoms with Gasteiger partial charge in [0.05, 0.1) is 16.9 Å². The van der Waals surface area contributed by atoms with Gasteiger partial charge < -0.3 is 20.1 Å². The molecule has 1 aromatic carbocycles. The predicted molar refractivity (Wildman–Crippen MR) is 103 cm³/mol. The number of aromatic hydroxyl groups is 1. The predicted octanol–water partition coefficient (Wildman–Crippen LogP) is 2.74. The van der Waals surface area contributed by atoms with Crippen molar-refractivity contribution in [2.24, 2.45) is 0 Å². The molecule has 3 aromatic rings. The number of hydrogen-bond donors (Lipinski definition) is 4. The van der Waals surface area contributed by atoms with Crippen LogP contribution in [0.1, 0.15) is 36.5 Å². The molecule has 0 saturated heterocycles. The molecule has 0 saturated carbocycles. The number of allylic oxidation sites excluding steroid dienone is 1. The van der Waals surface area contributed by atoms with E-state index in [1.807, 2.05) is 0 Å². The van der Waals surface area contributed by atoms with E-state index in [0.29, 0.717) is 17.0 Å². The van der Waals surface area contributed by atoms with Crippen molar-refractivity contribution in [2.75, 3.05) is 0 Å². The van der Waals surface area contributed by atoms with Crippen molar-refractivity contribution in [3.8, 4) is 5.88 Å². The molecule has 0 unspecified atom stereocenters. The van der Waals surface area contributed by atoms with Crippen molar-refractivity contribution < 1.29 is 19.1 Å². The number of benzene rings is 1. The van der Waals surface area contributed by atoms with Gasteiger partial charge in [-0.1, -0.05) is 23.4 Å². The summed E-state index contributed by atoms with van der Waals surface area (Å²) in [7, 11) is 0. The number of aliphatic hydroxyl groups is 1. The second kappa shape index (κ2) is 8.19. The molecule has 9 heteroatoms. The topological polar surface area (TPSA) is 128 Å². The van der Waals surface area contributed by atoms with E-state index in [1.165, 1.54) is 38.4 Å². The first-order valence-corrected chi connectivity index (χ1v) is 8.73. The maximum absolute atomic E-state index is 13.9. The lowest BCUT2D eigenvalue weighted by molar-refractivity contribution is 0.0746. The van der Waals surface area contributed by atoms with Crippen molar-refractivity contribution >= 4 is 11.4 Å². The molecule has 4 N–H and O–H groups in total. The minimum absolute atomic E-state index is 0.0517. The summed E-state index contributed by atoms with van der Waals surface area (Å²) in [6, 6.07) is 7.92. The summed E-state index contributed by atoms with van der Waals surface area (Å²) in [4.78, 5) is 7.93. The zero-order valence-corrected chi connectivity index (χ0v) is 15.8. The molecule has 0 amide bonds. The van der Waals surface area contributed by atoms with Crippen LogP contribution >= 0.6 is 0 Å². The van der Waals surface area contributed by atoms with Gasteiger partial charge in [-0.2, -0.15) is 4.98 Å². The van der Waals surface area contributed by atoms with Crippen LogP contribution in [-0.4, -0.2) is 31.0 Å². The van der Waals surface area contributed by atoms with Crippen molar-refractivity contribution in [3.63, 3.8) is 0 Å². The van der Waals surface area contributed by atoms with E-state index in [1.54, 1.807) is 24.3 Å². The van der Waals surface area contributed by atoms with Crippen LogP contribution in [-0.2, 0) is 12.1 Å². The number of hydrogen-bond acceptors (Lipinski definition) is 8. The van der Waals surface area contributed by atoms with Crippen LogP contribution < -0.4 is 5.32 Å². The van der Waals surface area contributed by atoms with Crippen LogP contribution in [0.15, 0.2) is 53.4 Å². The molecule has 8 nitrogen and oxygen atoms in total. The van der Waals surface area contributed by atoms with Crippen LogP contribution in [0.4, 0.5) is 4.39 Å². The summed E-state index contributed by atoms with van der Waals surface area (Å²) in [5.74, 6) is -0.822. The average molecular weight is 397 g/mol. The molecule has 2 heterocycles. The monoisotopic (exact) mass is 397 g/mol. The molecule has 2 aromatic heterocycles. The van der Waals surface area contributed by atoms with Gasteiger partial charge in [-0.25, -0.2) is 9.37 Å². The van der Waals surface area contributed by atoms with Gasteiger partial charge in [0.25, 0.3) is 0 Å². The highest BCUT2D eigenvalue weighted by Gasteiger charge is 2.23. The van der Waals surface area contributed by atoms with Gasteiger partial charge in [-0.3, -0.25) is 5.41 Å². The van der Waals surface area contributed by atoms with Gasteiger partial charge in [0, 0.05) is 24.4 Å². The quantitative estimate of drug-likeness (QED) is 0.451. The molecule has 0 bridgehead atoms. The van der Waals surface area contributed by atoms with E-state index in [9.17, 15) is 14.6 Å². The number of rotatable bonds is 7. The Bertz CT molecular complexity index is 1040. The summed E-state index contributed by atoms with van der Waals surface area (Å²) in [6.45, 7) is 3.14. The van der Waals surface area contributed by atoms with Crippen molar-refractivity contribution in [3.05, 3.63) is 77.3 Å². The lowest BCUT2D eigenvalue weighted by atomic mass is 10.0. The van der Waals surface area contributed by atoms with Crippen molar-refractivity contribution in [2.45, 2.75) is 26.0 Å². The molecule has 0 radical (unpaired) electrons. The van der Waals surface area contributed by atoms with Crippen molar-refractivity contribution in [1.29, 1.82) is 5.41 Å². The molecule has 0 aliphatic heterocycles. The Balaban J connectivity index is 1.87. The van der Waals surface area contributed by atoms with E-state index in [2.05, 4.69) is 20.4 Å². The molecule has 0 aliphatic rings. The van der Waals surface area contributed by atoms with Crippen LogP contribution in [0.25, 0.3) is 5.70 Å². The Kier molecular flexibility index (Phi) is 5.69. The standard InChI is InChI=1S/C20H20FN5O3/c1-20(2,28)13-11-24-18(25-19(13)27)15(22)9-17(16-7-8-29-26-16)23-10-12-5-3-4-6-14(12)21/h3-9,11,22-23,28H,10H2,1-2H3,(H,24,25,27)/b17-9-,22-15?. The number of nitrogens with one attached hydrogen (secondary N) is 2. The summed E-state index contributed by atoms with van der Waals surface area (Å²) in [6.07, 6.45) is 4.04. The third-order valence-corrected chi connectivity index (χ3v) is 4.10. The minimum Gasteiger partial charge on any atom is -0.493 e. The summed E-state index contributed by atoms with van der Waals surface area (Å²) in [5, 5.41) is 35.2. The normalized spacial score (nSPS) is 12.1. The van der Waals surface area contributed by atoms with Crippen molar-refractivity contribution in [1.82, 2.24) is 20.4 Å². The summed E-state index contributed by atoms with van der Waals surface area (Å²) in [5.41, 5.74) is -0.0654. The highest BCUT2D eigenvalue weighted by atomic mass is 19.1. The first-order valence-electron chi connectivity index (χ1n) is 8.73. The Morgan fingerprint density at radius 3 is 2.69 bits per heavy atom. The fourth-order valence-corrected chi connectivity index (χ4v) is 2.54. The molecule has 0 fully saturated rings. The molecule has 0 spiro atoms. The third kappa shape index (κ3) is 4.82. The summed E-state index contributed by atoms with van der Waals surface area (Å²) < 4.78 is 18.7. The SMILES string of the molecule is CC(C)(O)c1cnc(C(=N)/C=C(\NCc2ccccc2F)c2ccon2)nc1O. The fraction of sp³-hybridized carbons (Fsp3) is 0.200. The highest BCUT2D eigenvalue weighted by molar-refractivity contribution is 6.07. The Morgan fingerprint density at radius 1 is 1.31 bits per heavy atom. The van der Waals surface area contributed by atoms with E-state index in [4.69, 9.17) is 9.93 Å². The molecular weight excluding hydrogens is 377 g/mol. The van der Waals surface area contributed by atoms with Gasteiger partial charge in [0.2, 0.25) is 5.88 Å². The van der Waals surface area contributed by atoms with Crippen LogP contribution in [0.3, 0.4) is 0 Å². The van der Waals surface area contributed by atoms with Crippen LogP contribution in [0.2, 0.25) is 0 Å². The molecule has 0 aliphatic carbocycles. The molecule has 150 valence electrons. The van der Waals surface area contributed by atoms with Gasteiger partial charge in [-0.05, 0) is 26.0 Å². The zero-order chi connectivity index (χ0) is 21.0. The third-order valence-electron chi connectivity index (χ3n) is 4.10. The Labute approximate surface area is 166 Å². The fourth-order valence-electron chi connectivity index (χ4n) is 2.54.